The van der Waals surface area contributed by atoms with Crippen LogP contribution in [0, 0.1) is 0 Å². The van der Waals surface area contributed by atoms with E-state index in [0.29, 0.717) is 24.4 Å². The van der Waals surface area contributed by atoms with E-state index < -0.39 is 0 Å². The van der Waals surface area contributed by atoms with Gasteiger partial charge in [-0.3, -0.25) is 9.69 Å². The molecule has 9 nitrogen and oxygen atoms in total. The summed E-state index contributed by atoms with van der Waals surface area (Å²) >= 11 is 0. The SMILES string of the molecule is CC(C)N1CCN(c2ccc(Nc3ncc4c(n3)N3C(C=C4)C(=O)NCC34CCCC4)nc2)CC1. The van der Waals surface area contributed by atoms with Crippen LogP contribution in [-0.4, -0.2) is 76.1 Å². The van der Waals surface area contributed by atoms with E-state index in [2.05, 4.69) is 55.2 Å². The Kier molecular flexibility index (Phi) is 5.59. The zero-order chi connectivity index (χ0) is 24.0. The van der Waals surface area contributed by atoms with E-state index in [1.54, 1.807) is 0 Å². The second kappa shape index (κ2) is 8.78. The van der Waals surface area contributed by atoms with Gasteiger partial charge >= 0.3 is 0 Å². The first-order chi connectivity index (χ1) is 17.0. The molecule has 1 spiro atoms. The first-order valence-electron chi connectivity index (χ1n) is 12.9. The average molecular weight is 475 g/mol. The molecular weight excluding hydrogens is 440 g/mol. The van der Waals surface area contributed by atoms with E-state index in [1.807, 2.05) is 30.6 Å². The Labute approximate surface area is 206 Å². The van der Waals surface area contributed by atoms with Crippen LogP contribution >= 0.6 is 0 Å². The Bertz CT molecular complexity index is 1120. The van der Waals surface area contributed by atoms with Crippen molar-refractivity contribution in [2.24, 2.45) is 0 Å². The minimum absolute atomic E-state index is 0.0454. The van der Waals surface area contributed by atoms with Crippen molar-refractivity contribution < 1.29 is 4.79 Å². The van der Waals surface area contributed by atoms with Gasteiger partial charge in [0.2, 0.25) is 11.9 Å². The fraction of sp³-hybridized carbons (Fsp3) is 0.538. The molecule has 4 aliphatic rings. The van der Waals surface area contributed by atoms with Gasteiger partial charge < -0.3 is 20.4 Å². The number of carbonyl (C=O) groups is 1. The maximum atomic E-state index is 12.7. The van der Waals surface area contributed by atoms with E-state index in [-0.39, 0.29) is 17.5 Å². The minimum atomic E-state index is -0.314. The first-order valence-corrected chi connectivity index (χ1v) is 12.9. The lowest BCUT2D eigenvalue weighted by Crippen LogP contribution is -2.67. The molecule has 2 saturated heterocycles. The monoisotopic (exact) mass is 474 g/mol. The van der Waals surface area contributed by atoms with Crippen molar-refractivity contribution in [3.8, 4) is 0 Å². The highest BCUT2D eigenvalue weighted by Gasteiger charge is 2.50. The summed E-state index contributed by atoms with van der Waals surface area (Å²) in [5.74, 6) is 2.10. The van der Waals surface area contributed by atoms with E-state index in [1.165, 1.54) is 12.8 Å². The average Bonchev–Trinajstić information content (AvgIpc) is 3.36. The maximum Gasteiger partial charge on any atom is 0.246 e. The molecule has 0 bridgehead atoms. The number of aromatic nitrogens is 3. The lowest BCUT2D eigenvalue weighted by atomic mass is 9.87. The summed E-state index contributed by atoms with van der Waals surface area (Å²) in [4.78, 5) is 33.9. The lowest BCUT2D eigenvalue weighted by Gasteiger charge is -2.50. The number of piperazine rings is 2. The van der Waals surface area contributed by atoms with Crippen molar-refractivity contribution in [3.63, 3.8) is 0 Å². The van der Waals surface area contributed by atoms with Gasteiger partial charge in [-0.2, -0.15) is 4.98 Å². The number of amides is 1. The van der Waals surface area contributed by atoms with Crippen molar-refractivity contribution in [2.45, 2.75) is 57.2 Å². The zero-order valence-corrected chi connectivity index (χ0v) is 20.6. The van der Waals surface area contributed by atoms with Crippen LogP contribution in [0.2, 0.25) is 0 Å². The molecule has 2 aromatic rings. The van der Waals surface area contributed by atoms with Gasteiger partial charge in [0.25, 0.3) is 0 Å². The number of hydrogen-bond acceptors (Lipinski definition) is 8. The second-order valence-corrected chi connectivity index (χ2v) is 10.4. The number of rotatable bonds is 4. The standard InChI is InChI=1S/C26H34N8O/c1-18(2)32-11-13-33(14-12-32)20-6-8-22(27-16-20)30-25-28-15-19-5-7-21-24(35)29-17-26(9-3-4-10-26)34(21)23(19)31-25/h5-8,15-16,18,21H,3-4,9-14,17H2,1-2H3,(H,29,35)(H,27,28,30,31). The number of nitrogens with one attached hydrogen (secondary N) is 2. The molecule has 2 N–H and O–H groups in total. The predicted octanol–water partition coefficient (Wildman–Crippen LogP) is 2.79. The highest BCUT2D eigenvalue weighted by atomic mass is 16.2. The smallest absolute Gasteiger partial charge is 0.246 e. The Hall–Kier alpha value is -3.20. The Morgan fingerprint density at radius 2 is 1.89 bits per heavy atom. The van der Waals surface area contributed by atoms with E-state index in [4.69, 9.17) is 4.98 Å². The van der Waals surface area contributed by atoms with Gasteiger partial charge in [0, 0.05) is 50.5 Å². The molecule has 1 unspecified atom stereocenters. The van der Waals surface area contributed by atoms with Crippen LogP contribution in [0.15, 0.2) is 30.6 Å². The molecule has 1 atom stereocenters. The summed E-state index contributed by atoms with van der Waals surface area (Å²) in [5, 5.41) is 6.41. The van der Waals surface area contributed by atoms with Gasteiger partial charge in [0.1, 0.15) is 17.7 Å². The molecular formula is C26H34N8O. The number of anilines is 4. The molecule has 184 valence electrons. The highest BCUT2D eigenvalue weighted by molar-refractivity contribution is 5.93. The van der Waals surface area contributed by atoms with Crippen LogP contribution in [0.3, 0.4) is 0 Å². The summed E-state index contributed by atoms with van der Waals surface area (Å²) in [7, 11) is 0. The van der Waals surface area contributed by atoms with Gasteiger partial charge in [-0.05, 0) is 38.8 Å². The maximum absolute atomic E-state index is 12.7. The van der Waals surface area contributed by atoms with Gasteiger partial charge in [-0.1, -0.05) is 25.0 Å². The predicted molar refractivity (Wildman–Crippen MR) is 138 cm³/mol. The molecule has 0 radical (unpaired) electrons. The minimum Gasteiger partial charge on any atom is -0.368 e. The summed E-state index contributed by atoms with van der Waals surface area (Å²) in [6.07, 6.45) is 12.2. The third-order valence-electron chi connectivity index (χ3n) is 8.06. The van der Waals surface area contributed by atoms with Crippen LogP contribution in [0.5, 0.6) is 0 Å². The molecule has 35 heavy (non-hydrogen) atoms. The molecule has 3 fully saturated rings. The van der Waals surface area contributed by atoms with Crippen molar-refractivity contribution in [3.05, 3.63) is 36.2 Å². The summed E-state index contributed by atoms with van der Waals surface area (Å²) in [6, 6.07) is 4.38. The third-order valence-corrected chi connectivity index (χ3v) is 8.06. The molecule has 3 aliphatic heterocycles. The quantitative estimate of drug-likeness (QED) is 0.699. The van der Waals surface area contributed by atoms with Crippen LogP contribution in [0.1, 0.15) is 45.1 Å². The van der Waals surface area contributed by atoms with Gasteiger partial charge in [0.05, 0.1) is 17.4 Å². The van der Waals surface area contributed by atoms with Crippen LogP contribution in [-0.2, 0) is 4.79 Å². The normalized spacial score (nSPS) is 23.4. The number of hydrogen-bond donors (Lipinski definition) is 2. The molecule has 5 heterocycles. The summed E-state index contributed by atoms with van der Waals surface area (Å²) in [5.41, 5.74) is 2.03. The first kappa shape index (κ1) is 22.3. The summed E-state index contributed by atoms with van der Waals surface area (Å²) in [6.45, 7) is 9.37. The number of carbonyl (C=O) groups excluding carboxylic acids is 1. The van der Waals surface area contributed by atoms with E-state index >= 15 is 0 Å². The molecule has 1 saturated carbocycles. The largest absolute Gasteiger partial charge is 0.368 e. The fourth-order valence-corrected chi connectivity index (χ4v) is 6.04. The van der Waals surface area contributed by atoms with Crippen molar-refractivity contribution >= 4 is 35.3 Å². The number of fused-ring (bicyclic) bond motifs is 4. The van der Waals surface area contributed by atoms with Gasteiger partial charge in [-0.25, -0.2) is 9.97 Å². The molecule has 1 aliphatic carbocycles. The van der Waals surface area contributed by atoms with Crippen molar-refractivity contribution in [1.29, 1.82) is 0 Å². The third kappa shape index (κ3) is 4.01. The van der Waals surface area contributed by atoms with Crippen LogP contribution in [0.4, 0.5) is 23.3 Å². The lowest BCUT2D eigenvalue weighted by molar-refractivity contribution is -0.123. The van der Waals surface area contributed by atoms with Crippen molar-refractivity contribution in [1.82, 2.24) is 25.2 Å². The van der Waals surface area contributed by atoms with E-state index in [9.17, 15) is 4.79 Å². The zero-order valence-electron chi connectivity index (χ0n) is 20.6. The fourth-order valence-electron chi connectivity index (χ4n) is 6.04. The molecule has 0 aromatic carbocycles. The van der Waals surface area contributed by atoms with Gasteiger partial charge in [0.15, 0.2) is 0 Å². The Balaban J connectivity index is 1.20. The number of pyridine rings is 1. The summed E-state index contributed by atoms with van der Waals surface area (Å²) < 4.78 is 0. The molecule has 2 aromatic heterocycles. The second-order valence-electron chi connectivity index (χ2n) is 10.4. The highest BCUT2D eigenvalue weighted by Crippen LogP contribution is 2.43. The Morgan fingerprint density at radius 3 is 2.60 bits per heavy atom. The molecule has 6 rings (SSSR count). The topological polar surface area (TPSA) is 89.5 Å². The van der Waals surface area contributed by atoms with Crippen LogP contribution < -0.4 is 20.4 Å². The Morgan fingerprint density at radius 1 is 1.09 bits per heavy atom. The number of nitrogens with zero attached hydrogens (tertiary/aromatic N) is 6. The molecule has 1 amide bonds. The van der Waals surface area contributed by atoms with E-state index in [0.717, 1.165) is 56.1 Å². The van der Waals surface area contributed by atoms with Gasteiger partial charge in [-0.15, -0.1) is 0 Å². The van der Waals surface area contributed by atoms with Crippen LogP contribution in [0.25, 0.3) is 6.08 Å². The molecule has 9 heteroatoms. The van der Waals surface area contributed by atoms with Crippen molar-refractivity contribution in [2.75, 3.05) is 47.8 Å².